The van der Waals surface area contributed by atoms with E-state index in [0.29, 0.717) is 11.5 Å². The molecule has 0 spiro atoms. The van der Waals surface area contributed by atoms with Crippen molar-refractivity contribution in [2.24, 2.45) is 17.8 Å². The highest BCUT2D eigenvalue weighted by molar-refractivity contribution is 5.30. The van der Waals surface area contributed by atoms with Gasteiger partial charge in [0.25, 0.3) is 0 Å². The van der Waals surface area contributed by atoms with Gasteiger partial charge in [-0.15, -0.1) is 0 Å². The third-order valence-corrected chi connectivity index (χ3v) is 8.22. The third-order valence-electron chi connectivity index (χ3n) is 8.22. The van der Waals surface area contributed by atoms with Gasteiger partial charge in [-0.25, -0.2) is 8.78 Å². The van der Waals surface area contributed by atoms with E-state index in [9.17, 15) is 22.0 Å². The molecular formula is C29H41F5. The van der Waals surface area contributed by atoms with E-state index >= 15 is 0 Å². The summed E-state index contributed by atoms with van der Waals surface area (Å²) in [6.07, 6.45) is 17.4. The summed E-state index contributed by atoms with van der Waals surface area (Å²) in [6, 6.07) is 1.80. The summed E-state index contributed by atoms with van der Waals surface area (Å²) in [5.74, 6) is -0.670. The van der Waals surface area contributed by atoms with Crippen LogP contribution >= 0.6 is 0 Å². The summed E-state index contributed by atoms with van der Waals surface area (Å²) in [4.78, 5) is 0. The standard InChI is InChI=1S/C29H41F5/c1-2-3-4-5-6-7-8-21-9-11-22(12-10-21)13-14-23-15-17-24(18-16-23)25-19-26(30)28(27(31)20-25)29(32,33)34/h4-5,19-24H,2-3,6-18H2,1H3/b5-4+/t21-,22-,23-,24-. The first-order valence-electron chi connectivity index (χ1n) is 13.5. The van der Waals surface area contributed by atoms with Gasteiger partial charge in [-0.1, -0.05) is 70.4 Å². The van der Waals surface area contributed by atoms with Crippen LogP contribution in [-0.4, -0.2) is 0 Å². The van der Waals surface area contributed by atoms with E-state index in [1.807, 2.05) is 0 Å². The van der Waals surface area contributed by atoms with Crippen LogP contribution in [0.1, 0.15) is 120 Å². The Morgan fingerprint density at radius 2 is 1.21 bits per heavy atom. The van der Waals surface area contributed by atoms with Crippen LogP contribution in [0.4, 0.5) is 22.0 Å². The van der Waals surface area contributed by atoms with Crippen molar-refractivity contribution >= 4 is 0 Å². The van der Waals surface area contributed by atoms with Crippen LogP contribution in [-0.2, 0) is 6.18 Å². The van der Waals surface area contributed by atoms with Gasteiger partial charge in [0.15, 0.2) is 0 Å². The van der Waals surface area contributed by atoms with Crippen LogP contribution in [0.3, 0.4) is 0 Å². The van der Waals surface area contributed by atoms with E-state index in [1.165, 1.54) is 70.6 Å². The number of alkyl halides is 3. The first-order chi connectivity index (χ1) is 16.3. The Hall–Kier alpha value is -1.39. The molecule has 0 amide bonds. The summed E-state index contributed by atoms with van der Waals surface area (Å²) >= 11 is 0. The first-order valence-corrected chi connectivity index (χ1v) is 13.5. The SMILES string of the molecule is CCC/C=C/CCC[C@H]1CC[C@H](CC[C@H]2CC[C@H](c3cc(F)c(C(F)(F)F)c(F)c3)CC2)CC1. The largest absolute Gasteiger partial charge is 0.422 e. The summed E-state index contributed by atoms with van der Waals surface area (Å²) in [6.45, 7) is 2.21. The molecule has 5 heteroatoms. The van der Waals surface area contributed by atoms with Crippen molar-refractivity contribution in [2.75, 3.05) is 0 Å². The maximum Gasteiger partial charge on any atom is 0.422 e. The summed E-state index contributed by atoms with van der Waals surface area (Å²) in [5.41, 5.74) is -1.40. The van der Waals surface area contributed by atoms with Crippen molar-refractivity contribution in [3.05, 3.63) is 47.0 Å². The van der Waals surface area contributed by atoms with Crippen LogP contribution in [0.15, 0.2) is 24.3 Å². The molecule has 1 aromatic carbocycles. The molecule has 0 aliphatic heterocycles. The molecule has 0 heterocycles. The number of hydrogen-bond acceptors (Lipinski definition) is 0. The molecule has 2 aliphatic carbocycles. The van der Waals surface area contributed by atoms with Crippen molar-refractivity contribution in [3.63, 3.8) is 0 Å². The highest BCUT2D eigenvalue weighted by atomic mass is 19.4. The van der Waals surface area contributed by atoms with Crippen molar-refractivity contribution in [3.8, 4) is 0 Å². The van der Waals surface area contributed by atoms with Crippen LogP contribution in [0, 0.1) is 29.4 Å². The van der Waals surface area contributed by atoms with Gasteiger partial charge >= 0.3 is 6.18 Å². The van der Waals surface area contributed by atoms with E-state index in [-0.39, 0.29) is 5.92 Å². The Bertz CT molecular complexity index is 742. The second-order valence-electron chi connectivity index (χ2n) is 10.7. The predicted octanol–water partition coefficient (Wildman–Crippen LogP) is 10.4. The molecule has 2 aliphatic rings. The molecule has 0 radical (unpaired) electrons. The minimum atomic E-state index is -5.00. The third kappa shape index (κ3) is 8.09. The molecule has 0 bridgehead atoms. The van der Waals surface area contributed by atoms with E-state index in [0.717, 1.165) is 49.7 Å². The smallest absolute Gasteiger partial charge is 0.206 e. The number of rotatable bonds is 10. The monoisotopic (exact) mass is 484 g/mol. The minimum absolute atomic E-state index is 0.0465. The fraction of sp³-hybridized carbons (Fsp3) is 0.724. The van der Waals surface area contributed by atoms with Gasteiger partial charge in [0.05, 0.1) is 0 Å². The van der Waals surface area contributed by atoms with E-state index in [2.05, 4.69) is 19.1 Å². The molecule has 0 atom stereocenters. The van der Waals surface area contributed by atoms with E-state index in [1.54, 1.807) is 0 Å². The second-order valence-corrected chi connectivity index (χ2v) is 10.7. The Labute approximate surface area is 202 Å². The molecular weight excluding hydrogens is 443 g/mol. The van der Waals surface area contributed by atoms with Crippen molar-refractivity contribution < 1.29 is 22.0 Å². The van der Waals surface area contributed by atoms with Crippen LogP contribution in [0.25, 0.3) is 0 Å². The Morgan fingerprint density at radius 3 is 1.71 bits per heavy atom. The van der Waals surface area contributed by atoms with Gasteiger partial charge in [0.2, 0.25) is 0 Å². The van der Waals surface area contributed by atoms with Crippen molar-refractivity contribution in [2.45, 2.75) is 115 Å². The van der Waals surface area contributed by atoms with Gasteiger partial charge in [-0.05, 0) is 86.3 Å². The van der Waals surface area contributed by atoms with Crippen molar-refractivity contribution in [1.29, 1.82) is 0 Å². The highest BCUT2D eigenvalue weighted by Crippen LogP contribution is 2.42. The Morgan fingerprint density at radius 1 is 0.735 bits per heavy atom. The predicted molar refractivity (Wildman–Crippen MR) is 129 cm³/mol. The van der Waals surface area contributed by atoms with E-state index < -0.39 is 23.4 Å². The highest BCUT2D eigenvalue weighted by Gasteiger charge is 2.38. The summed E-state index contributed by atoms with van der Waals surface area (Å²) in [5, 5.41) is 0. The van der Waals surface area contributed by atoms with Crippen LogP contribution in [0.5, 0.6) is 0 Å². The number of unbranched alkanes of at least 4 members (excludes halogenated alkanes) is 2. The lowest BCUT2D eigenvalue weighted by atomic mass is 9.74. The van der Waals surface area contributed by atoms with Crippen LogP contribution in [0.2, 0.25) is 0 Å². The molecule has 2 fully saturated rings. The minimum Gasteiger partial charge on any atom is -0.206 e. The average molecular weight is 485 g/mol. The molecule has 0 nitrogen and oxygen atoms in total. The maximum absolute atomic E-state index is 14.0. The van der Waals surface area contributed by atoms with Gasteiger partial charge < -0.3 is 0 Å². The molecule has 0 saturated heterocycles. The van der Waals surface area contributed by atoms with Crippen LogP contribution < -0.4 is 0 Å². The van der Waals surface area contributed by atoms with Gasteiger partial charge in [0, 0.05) is 0 Å². The molecule has 34 heavy (non-hydrogen) atoms. The normalized spacial score (nSPS) is 26.3. The lowest BCUT2D eigenvalue weighted by Gasteiger charge is -2.32. The molecule has 2 saturated carbocycles. The molecule has 0 unspecified atom stereocenters. The topological polar surface area (TPSA) is 0 Å². The molecule has 0 aromatic heterocycles. The number of allylic oxidation sites excluding steroid dienone is 2. The fourth-order valence-corrected chi connectivity index (χ4v) is 6.09. The summed E-state index contributed by atoms with van der Waals surface area (Å²) < 4.78 is 66.4. The lowest BCUT2D eigenvalue weighted by Crippen LogP contribution is -2.18. The zero-order valence-corrected chi connectivity index (χ0v) is 20.6. The summed E-state index contributed by atoms with van der Waals surface area (Å²) in [7, 11) is 0. The zero-order chi connectivity index (χ0) is 24.6. The zero-order valence-electron chi connectivity index (χ0n) is 20.6. The quantitative estimate of drug-likeness (QED) is 0.176. The Kier molecular flexibility index (Phi) is 10.5. The molecule has 1 aromatic rings. The second kappa shape index (κ2) is 13.1. The van der Waals surface area contributed by atoms with Gasteiger partial charge in [-0.2, -0.15) is 13.2 Å². The first kappa shape index (κ1) is 27.2. The van der Waals surface area contributed by atoms with E-state index in [4.69, 9.17) is 0 Å². The average Bonchev–Trinajstić information content (AvgIpc) is 2.79. The molecule has 0 N–H and O–H groups in total. The van der Waals surface area contributed by atoms with Gasteiger partial charge in [-0.3, -0.25) is 0 Å². The maximum atomic E-state index is 14.0. The number of halogens is 5. The number of benzene rings is 1. The van der Waals surface area contributed by atoms with Crippen molar-refractivity contribution in [1.82, 2.24) is 0 Å². The van der Waals surface area contributed by atoms with Gasteiger partial charge in [0.1, 0.15) is 17.2 Å². The fourth-order valence-electron chi connectivity index (χ4n) is 6.09. The molecule has 3 rings (SSSR count). The molecule has 192 valence electrons. The number of hydrogen-bond donors (Lipinski definition) is 0. The lowest BCUT2D eigenvalue weighted by molar-refractivity contribution is -0.142. The Balaban J connectivity index is 1.34.